The molecule has 3 heteroatoms. The SMILES string of the molecule is COc1cccc(-c2ccc3c(c2)C2CC3CCN2C(=O)c2ccc(-c3ccccc3)cc2)c1. The fourth-order valence-electron chi connectivity index (χ4n) is 5.60. The fraction of sp³-hybridized carbons (Fsp3) is 0.194. The molecule has 0 N–H and O–H groups in total. The van der Waals surface area contributed by atoms with Gasteiger partial charge in [0.05, 0.1) is 13.2 Å². The second-order valence-electron chi connectivity index (χ2n) is 9.25. The van der Waals surface area contributed by atoms with Crippen molar-refractivity contribution in [2.75, 3.05) is 13.7 Å². The van der Waals surface area contributed by atoms with Gasteiger partial charge >= 0.3 is 0 Å². The van der Waals surface area contributed by atoms with Crippen molar-refractivity contribution in [2.45, 2.75) is 24.8 Å². The molecule has 2 unspecified atom stereocenters. The Labute approximate surface area is 200 Å². The molecule has 2 atom stereocenters. The zero-order valence-electron chi connectivity index (χ0n) is 19.3. The highest BCUT2D eigenvalue weighted by atomic mass is 16.5. The largest absolute Gasteiger partial charge is 0.497 e. The number of benzene rings is 4. The number of hydrogen-bond donors (Lipinski definition) is 0. The van der Waals surface area contributed by atoms with Crippen molar-refractivity contribution in [2.24, 2.45) is 0 Å². The summed E-state index contributed by atoms with van der Waals surface area (Å²) in [6.07, 6.45) is 2.04. The normalized spacial score (nSPS) is 18.4. The number of piperidine rings is 1. The lowest BCUT2D eigenvalue weighted by atomic mass is 9.94. The van der Waals surface area contributed by atoms with E-state index in [-0.39, 0.29) is 11.9 Å². The van der Waals surface area contributed by atoms with Crippen LogP contribution >= 0.6 is 0 Å². The van der Waals surface area contributed by atoms with Crippen LogP contribution < -0.4 is 4.74 Å². The minimum atomic E-state index is 0.127. The first-order valence-electron chi connectivity index (χ1n) is 12.0. The van der Waals surface area contributed by atoms with E-state index in [1.165, 1.54) is 16.7 Å². The highest BCUT2D eigenvalue weighted by Gasteiger charge is 2.41. The zero-order valence-corrected chi connectivity index (χ0v) is 19.3. The number of nitrogens with zero attached hydrogens (tertiary/aromatic N) is 1. The molecular formula is C31H27NO2. The standard InChI is InChI=1S/C31H27NO2/c1-34-27-9-5-8-24(18-27)25-14-15-28-26-16-17-32(30(20-26)29(28)19-25)31(33)23-12-10-22(11-13-23)21-6-3-2-4-7-21/h2-15,18-19,26,30H,16-17,20H2,1H3. The van der Waals surface area contributed by atoms with E-state index in [1.54, 1.807) is 7.11 Å². The van der Waals surface area contributed by atoms with Crippen LogP contribution in [0.25, 0.3) is 22.3 Å². The van der Waals surface area contributed by atoms with Crippen LogP contribution in [-0.4, -0.2) is 24.5 Å². The molecule has 2 aliphatic rings. The highest BCUT2D eigenvalue weighted by molar-refractivity contribution is 5.95. The van der Waals surface area contributed by atoms with E-state index in [4.69, 9.17) is 4.74 Å². The average molecular weight is 446 g/mol. The van der Waals surface area contributed by atoms with Gasteiger partial charge in [-0.1, -0.05) is 66.7 Å². The second kappa shape index (κ2) is 8.49. The Balaban J connectivity index is 1.29. The van der Waals surface area contributed by atoms with E-state index in [9.17, 15) is 4.79 Å². The number of carbonyl (C=O) groups is 1. The third-order valence-corrected chi connectivity index (χ3v) is 7.39. The molecule has 4 aromatic rings. The predicted octanol–water partition coefficient (Wildman–Crippen LogP) is 7.10. The maximum atomic E-state index is 13.6. The number of methoxy groups -OCH3 is 1. The zero-order chi connectivity index (χ0) is 23.1. The summed E-state index contributed by atoms with van der Waals surface area (Å²) in [4.78, 5) is 15.7. The Morgan fingerprint density at radius 3 is 2.26 bits per heavy atom. The first kappa shape index (κ1) is 20.7. The van der Waals surface area contributed by atoms with E-state index in [1.807, 2.05) is 42.5 Å². The molecule has 34 heavy (non-hydrogen) atoms. The predicted molar refractivity (Wildman–Crippen MR) is 136 cm³/mol. The third-order valence-electron chi connectivity index (χ3n) is 7.39. The Hall–Kier alpha value is -3.85. The summed E-state index contributed by atoms with van der Waals surface area (Å²) < 4.78 is 5.42. The van der Waals surface area contributed by atoms with Gasteiger partial charge in [-0.25, -0.2) is 0 Å². The van der Waals surface area contributed by atoms with E-state index < -0.39 is 0 Å². The lowest BCUT2D eigenvalue weighted by Crippen LogP contribution is -2.37. The van der Waals surface area contributed by atoms with E-state index >= 15 is 0 Å². The van der Waals surface area contributed by atoms with Crippen LogP contribution in [0.15, 0.2) is 97.1 Å². The summed E-state index contributed by atoms with van der Waals surface area (Å²) in [7, 11) is 1.70. The van der Waals surface area contributed by atoms with Crippen LogP contribution in [0, 0.1) is 0 Å². The minimum Gasteiger partial charge on any atom is -0.497 e. The van der Waals surface area contributed by atoms with E-state index in [2.05, 4.69) is 59.5 Å². The number of rotatable bonds is 4. The van der Waals surface area contributed by atoms with Gasteiger partial charge in [0, 0.05) is 12.1 Å². The maximum Gasteiger partial charge on any atom is 0.254 e. The third kappa shape index (κ3) is 3.58. The summed E-state index contributed by atoms with van der Waals surface area (Å²) in [5, 5.41) is 0. The number of carbonyl (C=O) groups excluding carboxylic acids is 1. The molecule has 1 aliphatic heterocycles. The molecule has 1 saturated heterocycles. The Bertz CT molecular complexity index is 1340. The van der Waals surface area contributed by atoms with Crippen molar-refractivity contribution < 1.29 is 9.53 Å². The van der Waals surface area contributed by atoms with Crippen LogP contribution in [0.4, 0.5) is 0 Å². The van der Waals surface area contributed by atoms with Gasteiger partial charge in [0.2, 0.25) is 0 Å². The smallest absolute Gasteiger partial charge is 0.254 e. The van der Waals surface area contributed by atoms with Gasteiger partial charge in [-0.3, -0.25) is 4.79 Å². The molecule has 1 aliphatic carbocycles. The number of hydrogen-bond acceptors (Lipinski definition) is 2. The molecular weight excluding hydrogens is 418 g/mol. The molecule has 0 saturated carbocycles. The van der Waals surface area contributed by atoms with Crippen molar-refractivity contribution in [3.8, 4) is 28.0 Å². The van der Waals surface area contributed by atoms with Crippen molar-refractivity contribution in [3.63, 3.8) is 0 Å². The molecule has 4 aromatic carbocycles. The Morgan fingerprint density at radius 1 is 0.765 bits per heavy atom. The molecule has 0 radical (unpaired) electrons. The lowest BCUT2D eigenvalue weighted by Gasteiger charge is -2.34. The van der Waals surface area contributed by atoms with Gasteiger partial charge < -0.3 is 9.64 Å². The van der Waals surface area contributed by atoms with Crippen LogP contribution in [-0.2, 0) is 0 Å². The van der Waals surface area contributed by atoms with Crippen molar-refractivity contribution in [1.29, 1.82) is 0 Å². The quantitative estimate of drug-likeness (QED) is 0.335. The van der Waals surface area contributed by atoms with Gasteiger partial charge in [-0.15, -0.1) is 0 Å². The van der Waals surface area contributed by atoms with Gasteiger partial charge in [0.25, 0.3) is 5.91 Å². The summed E-state index contributed by atoms with van der Waals surface area (Å²) >= 11 is 0. The van der Waals surface area contributed by atoms with Crippen LogP contribution in [0.5, 0.6) is 5.75 Å². The number of amides is 1. The molecule has 3 nitrogen and oxygen atoms in total. The Kier molecular flexibility index (Phi) is 5.18. The summed E-state index contributed by atoms with van der Waals surface area (Å²) in [5.74, 6) is 1.53. The Morgan fingerprint density at radius 2 is 1.47 bits per heavy atom. The number of fused-ring (bicyclic) bond motifs is 5. The molecule has 2 bridgehead atoms. The molecule has 6 rings (SSSR count). The monoisotopic (exact) mass is 445 g/mol. The molecule has 1 fully saturated rings. The first-order valence-corrected chi connectivity index (χ1v) is 12.0. The van der Waals surface area contributed by atoms with Crippen molar-refractivity contribution >= 4 is 5.91 Å². The van der Waals surface area contributed by atoms with Crippen LogP contribution in [0.2, 0.25) is 0 Å². The van der Waals surface area contributed by atoms with Crippen LogP contribution in [0.1, 0.15) is 46.3 Å². The number of likely N-dealkylation sites (tertiary alicyclic amines) is 1. The molecule has 168 valence electrons. The average Bonchev–Trinajstić information content (AvgIpc) is 3.20. The topological polar surface area (TPSA) is 29.5 Å². The summed E-state index contributed by atoms with van der Waals surface area (Å²) in [5.41, 5.74) is 8.07. The van der Waals surface area contributed by atoms with Crippen molar-refractivity contribution in [3.05, 3.63) is 114 Å². The summed E-state index contributed by atoms with van der Waals surface area (Å²) in [6.45, 7) is 0.803. The first-order chi connectivity index (χ1) is 16.7. The molecule has 0 aromatic heterocycles. The number of ether oxygens (including phenoxy) is 1. The maximum absolute atomic E-state index is 13.6. The minimum absolute atomic E-state index is 0.127. The lowest BCUT2D eigenvalue weighted by molar-refractivity contribution is 0.0620. The van der Waals surface area contributed by atoms with Gasteiger partial charge in [0.15, 0.2) is 0 Å². The molecule has 0 spiro atoms. The molecule has 1 amide bonds. The van der Waals surface area contributed by atoms with Gasteiger partial charge in [0.1, 0.15) is 5.75 Å². The van der Waals surface area contributed by atoms with Crippen molar-refractivity contribution in [1.82, 2.24) is 4.90 Å². The highest BCUT2D eigenvalue weighted by Crippen LogP contribution is 2.50. The fourth-order valence-corrected chi connectivity index (χ4v) is 5.60. The molecule has 1 heterocycles. The van der Waals surface area contributed by atoms with Crippen LogP contribution in [0.3, 0.4) is 0 Å². The van der Waals surface area contributed by atoms with Gasteiger partial charge in [-0.05, 0) is 82.5 Å². The summed E-state index contributed by atoms with van der Waals surface area (Å²) in [6, 6.07) is 33.4. The van der Waals surface area contributed by atoms with E-state index in [0.29, 0.717) is 5.92 Å². The second-order valence-corrected chi connectivity index (χ2v) is 9.25. The van der Waals surface area contributed by atoms with E-state index in [0.717, 1.165) is 47.4 Å². The van der Waals surface area contributed by atoms with Gasteiger partial charge in [-0.2, -0.15) is 0 Å².